The second kappa shape index (κ2) is 11.5. The van der Waals surface area contributed by atoms with Gasteiger partial charge in [-0.1, -0.05) is 0 Å². The summed E-state index contributed by atoms with van der Waals surface area (Å²) < 4.78 is 21.8. The Morgan fingerprint density at radius 1 is 1.24 bits per heavy atom. The Morgan fingerprint density at radius 2 is 2.05 bits per heavy atom. The largest absolute Gasteiger partial charge is 0.476 e. The van der Waals surface area contributed by atoms with Gasteiger partial charge in [0.2, 0.25) is 11.8 Å². The molecule has 5 heterocycles. The maximum absolute atomic E-state index is 10.1. The summed E-state index contributed by atoms with van der Waals surface area (Å²) in [6.45, 7) is 9.97. The first-order chi connectivity index (χ1) is 20.3. The van der Waals surface area contributed by atoms with Gasteiger partial charge in [0.25, 0.3) is 0 Å². The predicted molar refractivity (Wildman–Crippen MR) is 159 cm³/mol. The minimum atomic E-state index is -0.212. The SMILES string of the molecule is CCOc1nn([C@@H](C)CO)c2c1/C=C/c1[nH]nc3c(C)nc(cc13)-c1c(COC)nn(C)c1OC[C@@H](C)N(C1CC1)C2. The minimum absolute atomic E-state index is 0.0290. The molecule has 0 unspecified atom stereocenters. The van der Waals surface area contributed by atoms with Crippen molar-refractivity contribution in [2.45, 2.75) is 71.8 Å². The molecule has 4 aromatic heterocycles. The molecular formula is C30H40N8O4. The first-order valence-electron chi connectivity index (χ1n) is 14.7. The van der Waals surface area contributed by atoms with Crippen molar-refractivity contribution in [3.63, 3.8) is 0 Å². The number of aromatic nitrogens is 7. The molecule has 1 aliphatic carbocycles. The van der Waals surface area contributed by atoms with Crippen LogP contribution in [0.4, 0.5) is 0 Å². The quantitative estimate of drug-likeness (QED) is 0.337. The highest BCUT2D eigenvalue weighted by molar-refractivity contribution is 5.93. The Morgan fingerprint density at radius 3 is 2.76 bits per heavy atom. The van der Waals surface area contributed by atoms with Crippen molar-refractivity contribution in [3.8, 4) is 23.0 Å². The third-order valence-electron chi connectivity index (χ3n) is 8.12. The van der Waals surface area contributed by atoms with Crippen molar-refractivity contribution >= 4 is 23.1 Å². The summed E-state index contributed by atoms with van der Waals surface area (Å²) in [4.78, 5) is 7.42. The molecular weight excluding hydrogens is 536 g/mol. The van der Waals surface area contributed by atoms with Gasteiger partial charge in [-0.25, -0.2) is 4.68 Å². The molecule has 1 fully saturated rings. The predicted octanol–water partition coefficient (Wildman–Crippen LogP) is 3.88. The first-order valence-corrected chi connectivity index (χ1v) is 14.7. The lowest BCUT2D eigenvalue weighted by Crippen LogP contribution is -2.39. The topological polar surface area (TPSA) is 128 Å². The summed E-state index contributed by atoms with van der Waals surface area (Å²) in [6, 6.07) is 2.36. The van der Waals surface area contributed by atoms with Crippen LogP contribution in [0.5, 0.6) is 11.8 Å². The number of nitrogens with zero attached hydrogens (tertiary/aromatic N) is 7. The molecule has 2 N–H and O–H groups in total. The summed E-state index contributed by atoms with van der Waals surface area (Å²) in [5, 5.41) is 28.4. The van der Waals surface area contributed by atoms with E-state index in [9.17, 15) is 5.11 Å². The van der Waals surface area contributed by atoms with E-state index in [1.165, 1.54) is 0 Å². The van der Waals surface area contributed by atoms with Gasteiger partial charge in [0.05, 0.1) is 59.8 Å². The van der Waals surface area contributed by atoms with Crippen LogP contribution in [0.25, 0.3) is 34.3 Å². The molecule has 2 aliphatic rings. The van der Waals surface area contributed by atoms with Crippen LogP contribution < -0.4 is 9.47 Å². The van der Waals surface area contributed by atoms with E-state index in [4.69, 9.17) is 29.4 Å². The molecule has 6 rings (SSSR count). The monoisotopic (exact) mass is 576 g/mol. The molecule has 0 radical (unpaired) electrons. The van der Waals surface area contributed by atoms with Crippen molar-refractivity contribution in [2.24, 2.45) is 7.05 Å². The minimum Gasteiger partial charge on any atom is -0.476 e. The van der Waals surface area contributed by atoms with Crippen LogP contribution >= 0.6 is 0 Å². The van der Waals surface area contributed by atoms with Crippen LogP contribution in [0.2, 0.25) is 0 Å². The van der Waals surface area contributed by atoms with Gasteiger partial charge in [0.15, 0.2) is 0 Å². The Hall–Kier alpha value is -3.74. The molecule has 12 nitrogen and oxygen atoms in total. The summed E-state index contributed by atoms with van der Waals surface area (Å²) in [6.07, 6.45) is 6.34. The average molecular weight is 577 g/mol. The van der Waals surface area contributed by atoms with Gasteiger partial charge in [-0.05, 0) is 58.8 Å². The van der Waals surface area contributed by atoms with E-state index in [2.05, 4.69) is 22.0 Å². The fraction of sp³-hybridized carbons (Fsp3) is 0.533. The summed E-state index contributed by atoms with van der Waals surface area (Å²) in [7, 11) is 3.56. The van der Waals surface area contributed by atoms with Gasteiger partial charge in [0, 0.05) is 38.2 Å². The van der Waals surface area contributed by atoms with E-state index < -0.39 is 0 Å². The molecule has 0 aromatic carbocycles. The van der Waals surface area contributed by atoms with E-state index in [0.717, 1.165) is 63.3 Å². The second-order valence-electron chi connectivity index (χ2n) is 11.3. The summed E-state index contributed by atoms with van der Waals surface area (Å²) in [5.74, 6) is 1.21. The van der Waals surface area contributed by atoms with E-state index in [0.29, 0.717) is 44.2 Å². The number of aromatic amines is 1. The standard InChI is InChI=1S/C30H40N8O4/c1-7-41-29-21-10-11-23-22-12-24(31-19(4)28(22)33-32-23)27-25(16-40-6)34-36(5)30(27)42-15-18(3)37(20-8-9-20)13-26(21)38(35-29)17(2)14-39/h10-12,17-18,20,39H,7-9,13-16H2,1-6H3,(H,32,33)/b11-10+/t17-,18+/m0/s1. The van der Waals surface area contributed by atoms with Crippen LogP contribution in [-0.2, 0) is 24.9 Å². The number of methoxy groups -OCH3 is 1. The zero-order chi connectivity index (χ0) is 29.5. The molecule has 1 aliphatic heterocycles. The molecule has 224 valence electrons. The van der Waals surface area contributed by atoms with Crippen molar-refractivity contribution in [1.29, 1.82) is 0 Å². The number of pyridine rings is 1. The smallest absolute Gasteiger partial charge is 0.240 e. The summed E-state index contributed by atoms with van der Waals surface area (Å²) in [5.41, 5.74) is 6.69. The van der Waals surface area contributed by atoms with Gasteiger partial charge in [0.1, 0.15) is 17.8 Å². The number of hydrogen-bond donors (Lipinski definition) is 2. The van der Waals surface area contributed by atoms with E-state index in [1.54, 1.807) is 11.8 Å². The number of H-pyrrole nitrogens is 1. The normalized spacial score (nSPS) is 19.2. The molecule has 2 bridgehead atoms. The Balaban J connectivity index is 1.58. The number of ether oxygens (including phenoxy) is 3. The lowest BCUT2D eigenvalue weighted by Gasteiger charge is -2.30. The molecule has 12 heteroatoms. The van der Waals surface area contributed by atoms with E-state index >= 15 is 0 Å². The third kappa shape index (κ3) is 5.07. The lowest BCUT2D eigenvalue weighted by molar-refractivity contribution is 0.122. The molecule has 42 heavy (non-hydrogen) atoms. The first kappa shape index (κ1) is 28.4. The lowest BCUT2D eigenvalue weighted by atomic mass is 10.1. The van der Waals surface area contributed by atoms with Gasteiger partial charge in [-0.3, -0.25) is 19.7 Å². The van der Waals surface area contributed by atoms with Crippen LogP contribution in [-0.4, -0.2) is 83.8 Å². The number of aliphatic hydroxyl groups excluding tert-OH is 1. The van der Waals surface area contributed by atoms with Crippen molar-refractivity contribution in [2.75, 3.05) is 26.9 Å². The molecule has 0 spiro atoms. The molecule has 1 saturated carbocycles. The molecule has 0 amide bonds. The fourth-order valence-corrected chi connectivity index (χ4v) is 5.82. The Labute approximate surface area is 245 Å². The zero-order valence-corrected chi connectivity index (χ0v) is 25.2. The average Bonchev–Trinajstić information content (AvgIpc) is 3.53. The number of aliphatic hydroxyl groups is 1. The van der Waals surface area contributed by atoms with E-state index in [-0.39, 0.29) is 18.7 Å². The number of fused-ring (bicyclic) bond motifs is 4. The zero-order valence-electron chi connectivity index (χ0n) is 25.2. The van der Waals surface area contributed by atoms with Gasteiger partial charge in [-0.15, -0.1) is 5.10 Å². The summed E-state index contributed by atoms with van der Waals surface area (Å²) >= 11 is 0. The molecule has 2 atom stereocenters. The van der Waals surface area contributed by atoms with Crippen molar-refractivity contribution < 1.29 is 19.3 Å². The van der Waals surface area contributed by atoms with E-state index in [1.807, 2.05) is 50.7 Å². The van der Waals surface area contributed by atoms with Crippen LogP contribution in [0.3, 0.4) is 0 Å². The second-order valence-corrected chi connectivity index (χ2v) is 11.3. The Bertz CT molecular complexity index is 1620. The van der Waals surface area contributed by atoms with Gasteiger partial charge < -0.3 is 19.3 Å². The van der Waals surface area contributed by atoms with Crippen LogP contribution in [0.15, 0.2) is 6.07 Å². The molecule has 0 saturated heterocycles. The highest BCUT2D eigenvalue weighted by Crippen LogP contribution is 2.38. The highest BCUT2D eigenvalue weighted by Gasteiger charge is 2.35. The maximum Gasteiger partial charge on any atom is 0.240 e. The number of aryl methyl sites for hydroxylation is 2. The Kier molecular flexibility index (Phi) is 7.77. The van der Waals surface area contributed by atoms with Gasteiger partial charge >= 0.3 is 0 Å². The fourth-order valence-electron chi connectivity index (χ4n) is 5.82. The number of hydrogen-bond acceptors (Lipinski definition) is 9. The molecule has 4 aromatic rings. The number of rotatable bonds is 7. The van der Waals surface area contributed by atoms with Crippen molar-refractivity contribution in [1.82, 2.24) is 39.6 Å². The highest BCUT2D eigenvalue weighted by atomic mass is 16.5. The van der Waals surface area contributed by atoms with Crippen molar-refractivity contribution in [3.05, 3.63) is 34.4 Å². The van der Waals surface area contributed by atoms with Crippen LogP contribution in [0, 0.1) is 6.92 Å². The van der Waals surface area contributed by atoms with Crippen LogP contribution in [0.1, 0.15) is 68.0 Å². The maximum atomic E-state index is 10.1. The van der Waals surface area contributed by atoms with Gasteiger partial charge in [-0.2, -0.15) is 10.2 Å². The number of nitrogens with one attached hydrogen (secondary N) is 1. The third-order valence-corrected chi connectivity index (χ3v) is 8.12.